The molecule has 1 heterocycles. The number of thioether (sulfide) groups is 1. The van der Waals surface area contributed by atoms with Crippen molar-refractivity contribution >= 4 is 28.6 Å². The van der Waals surface area contributed by atoms with E-state index in [9.17, 15) is 9.59 Å². The van der Waals surface area contributed by atoms with Gasteiger partial charge in [-0.1, -0.05) is 37.7 Å². The third-order valence-corrected chi connectivity index (χ3v) is 7.04. The number of para-hydroxylation sites is 1. The molecule has 3 aromatic rings. The molecule has 0 radical (unpaired) electrons. The maximum absolute atomic E-state index is 13.5. The average Bonchev–Trinajstić information content (AvgIpc) is 2.86. The largest absolute Gasteiger partial charge is 0.493 e. The second-order valence-electron chi connectivity index (χ2n) is 8.20. The molecule has 0 bridgehead atoms. The number of hydrogen-bond donors (Lipinski definition) is 0. The van der Waals surface area contributed by atoms with Crippen LogP contribution in [0.3, 0.4) is 0 Å². The molecule has 182 valence electrons. The molecule has 34 heavy (non-hydrogen) atoms. The van der Waals surface area contributed by atoms with Crippen molar-refractivity contribution in [2.24, 2.45) is 0 Å². The van der Waals surface area contributed by atoms with Gasteiger partial charge in [0.05, 0.1) is 36.6 Å². The highest BCUT2D eigenvalue weighted by Crippen LogP contribution is 2.31. The van der Waals surface area contributed by atoms with Gasteiger partial charge in [0.2, 0.25) is 5.91 Å². The molecule has 1 amide bonds. The van der Waals surface area contributed by atoms with E-state index < -0.39 is 0 Å². The summed E-state index contributed by atoms with van der Waals surface area (Å²) in [7, 11) is 3.12. The first-order valence-corrected chi connectivity index (χ1v) is 12.5. The molecule has 8 heteroatoms. The summed E-state index contributed by atoms with van der Waals surface area (Å²) in [5, 5.41) is 0.964. The number of hydrogen-bond acceptors (Lipinski definition) is 6. The average molecular weight is 484 g/mol. The highest BCUT2D eigenvalue weighted by Gasteiger charge is 2.24. The minimum Gasteiger partial charge on any atom is -0.493 e. The lowest BCUT2D eigenvalue weighted by molar-refractivity contribution is -0.132. The lowest BCUT2D eigenvalue weighted by Crippen LogP contribution is -2.45. The second-order valence-corrected chi connectivity index (χ2v) is 9.14. The fourth-order valence-corrected chi connectivity index (χ4v) is 4.80. The normalized spacial score (nSPS) is 12.9. The maximum atomic E-state index is 13.5. The Morgan fingerprint density at radius 1 is 1.03 bits per heavy atom. The van der Waals surface area contributed by atoms with E-state index in [0.717, 1.165) is 12.8 Å². The van der Waals surface area contributed by atoms with Crippen LogP contribution in [0, 0.1) is 0 Å². The Kier molecular flexibility index (Phi) is 8.61. The van der Waals surface area contributed by atoms with Crippen LogP contribution in [0.15, 0.2) is 52.4 Å². The number of nitrogens with zero attached hydrogens (tertiary/aromatic N) is 3. The molecule has 2 atom stereocenters. The van der Waals surface area contributed by atoms with E-state index in [1.807, 2.05) is 23.1 Å². The first-order chi connectivity index (χ1) is 16.4. The van der Waals surface area contributed by atoms with Crippen LogP contribution in [0.5, 0.6) is 11.5 Å². The summed E-state index contributed by atoms with van der Waals surface area (Å²) in [4.78, 5) is 33.5. The van der Waals surface area contributed by atoms with Crippen molar-refractivity contribution in [3.05, 3.63) is 52.8 Å². The number of benzene rings is 2. The SMILES string of the molecule is CC[C@@H](C)N(C(=O)CSc1nc2ccccc2c(=O)n1-c1ccc(OC)c(OC)c1)[C@@H](C)CC. The summed E-state index contributed by atoms with van der Waals surface area (Å²) in [5.74, 6) is 1.30. The number of carbonyl (C=O) groups is 1. The van der Waals surface area contributed by atoms with Crippen LogP contribution in [0.4, 0.5) is 0 Å². The van der Waals surface area contributed by atoms with Gasteiger partial charge in [-0.05, 0) is 51.0 Å². The molecule has 7 nitrogen and oxygen atoms in total. The smallest absolute Gasteiger partial charge is 0.266 e. The Balaban J connectivity index is 2.07. The quantitative estimate of drug-likeness (QED) is 0.301. The Labute approximate surface area is 205 Å². The monoisotopic (exact) mass is 483 g/mol. The molecule has 0 fully saturated rings. The fourth-order valence-electron chi connectivity index (χ4n) is 3.92. The summed E-state index contributed by atoms with van der Waals surface area (Å²) >= 11 is 1.28. The zero-order valence-corrected chi connectivity index (χ0v) is 21.5. The molecule has 0 N–H and O–H groups in total. The minimum absolute atomic E-state index is 0.0370. The van der Waals surface area contributed by atoms with Gasteiger partial charge in [0.1, 0.15) is 0 Å². The number of aromatic nitrogens is 2. The van der Waals surface area contributed by atoms with Gasteiger partial charge in [0.25, 0.3) is 5.56 Å². The lowest BCUT2D eigenvalue weighted by atomic mass is 10.1. The van der Waals surface area contributed by atoms with Crippen LogP contribution in [0.25, 0.3) is 16.6 Å². The third-order valence-electron chi connectivity index (χ3n) is 6.11. The molecule has 0 spiro atoms. The van der Waals surface area contributed by atoms with Crippen LogP contribution in [0.1, 0.15) is 40.5 Å². The highest BCUT2D eigenvalue weighted by atomic mass is 32.2. The van der Waals surface area contributed by atoms with E-state index in [1.54, 1.807) is 43.1 Å². The van der Waals surface area contributed by atoms with Gasteiger partial charge in [-0.2, -0.15) is 0 Å². The molecule has 0 aliphatic carbocycles. The van der Waals surface area contributed by atoms with Crippen LogP contribution in [0.2, 0.25) is 0 Å². The summed E-state index contributed by atoms with van der Waals surface area (Å²) in [6, 6.07) is 12.8. The number of rotatable bonds is 10. The molecule has 3 rings (SSSR count). The summed E-state index contributed by atoms with van der Waals surface area (Å²) in [6.45, 7) is 8.31. The van der Waals surface area contributed by atoms with E-state index in [4.69, 9.17) is 14.5 Å². The van der Waals surface area contributed by atoms with Gasteiger partial charge >= 0.3 is 0 Å². The number of fused-ring (bicyclic) bond motifs is 1. The Morgan fingerprint density at radius 2 is 1.68 bits per heavy atom. The van der Waals surface area contributed by atoms with E-state index in [2.05, 4.69) is 27.7 Å². The predicted molar refractivity (Wildman–Crippen MR) is 138 cm³/mol. The van der Waals surface area contributed by atoms with Crippen LogP contribution in [-0.4, -0.2) is 52.4 Å². The van der Waals surface area contributed by atoms with Crippen molar-refractivity contribution in [3.63, 3.8) is 0 Å². The third kappa shape index (κ3) is 5.22. The molecule has 0 unspecified atom stereocenters. The van der Waals surface area contributed by atoms with Crippen molar-refractivity contribution < 1.29 is 14.3 Å². The van der Waals surface area contributed by atoms with E-state index in [1.165, 1.54) is 11.8 Å². The van der Waals surface area contributed by atoms with E-state index in [0.29, 0.717) is 33.2 Å². The molecule has 0 aliphatic heterocycles. The lowest BCUT2D eigenvalue weighted by Gasteiger charge is -2.34. The zero-order chi connectivity index (χ0) is 24.8. The Morgan fingerprint density at radius 3 is 2.29 bits per heavy atom. The van der Waals surface area contributed by atoms with Crippen molar-refractivity contribution in [2.45, 2.75) is 57.8 Å². The molecule has 2 aromatic carbocycles. The Hall–Kier alpha value is -3.00. The topological polar surface area (TPSA) is 73.7 Å². The van der Waals surface area contributed by atoms with Gasteiger partial charge in [-0.15, -0.1) is 0 Å². The molecular formula is C26H33N3O4S. The van der Waals surface area contributed by atoms with Crippen LogP contribution >= 0.6 is 11.8 Å². The van der Waals surface area contributed by atoms with Gasteiger partial charge in [-0.25, -0.2) is 4.98 Å². The summed E-state index contributed by atoms with van der Waals surface area (Å²) in [6.07, 6.45) is 1.76. The van der Waals surface area contributed by atoms with Crippen molar-refractivity contribution in [2.75, 3.05) is 20.0 Å². The number of methoxy groups -OCH3 is 2. The maximum Gasteiger partial charge on any atom is 0.266 e. The molecule has 0 saturated carbocycles. The van der Waals surface area contributed by atoms with Gasteiger partial charge < -0.3 is 14.4 Å². The fraction of sp³-hybridized carbons (Fsp3) is 0.423. The number of carbonyl (C=O) groups excluding carboxylic acids is 1. The first kappa shape index (κ1) is 25.6. The van der Waals surface area contributed by atoms with Gasteiger partial charge in [0.15, 0.2) is 16.7 Å². The van der Waals surface area contributed by atoms with Gasteiger partial charge in [0, 0.05) is 18.2 Å². The molecule has 0 aliphatic rings. The number of amides is 1. The van der Waals surface area contributed by atoms with Crippen LogP contribution in [-0.2, 0) is 4.79 Å². The molecule has 1 aromatic heterocycles. The Bertz CT molecular complexity index is 1200. The summed E-state index contributed by atoms with van der Waals surface area (Å²) < 4.78 is 12.3. The van der Waals surface area contributed by atoms with Crippen molar-refractivity contribution in [3.8, 4) is 17.2 Å². The number of ether oxygens (including phenoxy) is 2. The molecule has 0 saturated heterocycles. The molecular weight excluding hydrogens is 450 g/mol. The van der Waals surface area contributed by atoms with Gasteiger partial charge in [-0.3, -0.25) is 14.2 Å². The van der Waals surface area contributed by atoms with Crippen molar-refractivity contribution in [1.29, 1.82) is 0 Å². The summed E-state index contributed by atoms with van der Waals surface area (Å²) in [5.41, 5.74) is 0.991. The predicted octanol–water partition coefficient (Wildman–Crippen LogP) is 4.92. The van der Waals surface area contributed by atoms with Crippen LogP contribution < -0.4 is 15.0 Å². The standard InChI is InChI=1S/C26H33N3O4S/c1-7-17(3)28(18(4)8-2)24(30)16-34-26-27-21-12-10-9-11-20(21)25(31)29(26)19-13-14-22(32-5)23(15-19)33-6/h9-15,17-18H,7-8,16H2,1-6H3/t17-,18+. The zero-order valence-electron chi connectivity index (χ0n) is 20.7. The highest BCUT2D eigenvalue weighted by molar-refractivity contribution is 7.99. The van der Waals surface area contributed by atoms with E-state index >= 15 is 0 Å². The second kappa shape index (κ2) is 11.4. The van der Waals surface area contributed by atoms with E-state index in [-0.39, 0.29) is 29.3 Å². The minimum atomic E-state index is -0.200. The first-order valence-electron chi connectivity index (χ1n) is 11.5. The van der Waals surface area contributed by atoms with Crippen molar-refractivity contribution in [1.82, 2.24) is 14.5 Å².